The van der Waals surface area contributed by atoms with Gasteiger partial charge in [0, 0.05) is 33.4 Å². The average Bonchev–Trinajstić information content (AvgIpc) is 2.35. The predicted octanol–water partition coefficient (Wildman–Crippen LogP) is 0.250. The molecule has 100 valence electrons. The zero-order valence-corrected chi connectivity index (χ0v) is 10.9. The second-order valence-corrected chi connectivity index (χ2v) is 4.23. The molecule has 0 aliphatic carbocycles. The first-order valence-corrected chi connectivity index (χ1v) is 6.37. The number of carbonyl (C=O) groups is 1. The van der Waals surface area contributed by atoms with Crippen molar-refractivity contribution in [2.75, 3.05) is 46.5 Å². The van der Waals surface area contributed by atoms with Crippen LogP contribution in [0.2, 0.25) is 0 Å². The SMILES string of the molecule is CCOC1CCCN(C(=O)CNCCOC)C1. The van der Waals surface area contributed by atoms with Gasteiger partial charge in [-0.3, -0.25) is 4.79 Å². The highest BCUT2D eigenvalue weighted by atomic mass is 16.5. The molecule has 5 heteroatoms. The molecule has 1 amide bonds. The summed E-state index contributed by atoms with van der Waals surface area (Å²) in [7, 11) is 1.65. The van der Waals surface area contributed by atoms with Crippen LogP contribution in [-0.2, 0) is 14.3 Å². The number of rotatable bonds is 7. The lowest BCUT2D eigenvalue weighted by atomic mass is 10.1. The first kappa shape index (κ1) is 14.4. The summed E-state index contributed by atoms with van der Waals surface area (Å²) < 4.78 is 10.5. The van der Waals surface area contributed by atoms with Crippen molar-refractivity contribution in [2.45, 2.75) is 25.9 Å². The molecule has 1 saturated heterocycles. The minimum absolute atomic E-state index is 0.158. The molecule has 0 aromatic carbocycles. The van der Waals surface area contributed by atoms with Crippen LogP contribution in [-0.4, -0.2) is 63.4 Å². The summed E-state index contributed by atoms with van der Waals surface area (Å²) >= 11 is 0. The van der Waals surface area contributed by atoms with Gasteiger partial charge in [-0.25, -0.2) is 0 Å². The number of carbonyl (C=O) groups excluding carboxylic acids is 1. The topological polar surface area (TPSA) is 50.8 Å². The Hall–Kier alpha value is -0.650. The van der Waals surface area contributed by atoms with Crippen molar-refractivity contribution in [1.29, 1.82) is 0 Å². The Bertz CT molecular complexity index is 222. The van der Waals surface area contributed by atoms with Gasteiger partial charge in [-0.1, -0.05) is 0 Å². The molecule has 1 aliphatic heterocycles. The maximum atomic E-state index is 11.9. The summed E-state index contributed by atoms with van der Waals surface area (Å²) in [5.41, 5.74) is 0. The molecule has 0 aromatic rings. The summed E-state index contributed by atoms with van der Waals surface area (Å²) in [5.74, 6) is 0.158. The molecule has 0 bridgehead atoms. The van der Waals surface area contributed by atoms with Crippen molar-refractivity contribution in [3.05, 3.63) is 0 Å². The van der Waals surface area contributed by atoms with Crippen molar-refractivity contribution in [3.8, 4) is 0 Å². The van der Waals surface area contributed by atoms with Crippen LogP contribution in [0, 0.1) is 0 Å². The number of nitrogens with zero attached hydrogens (tertiary/aromatic N) is 1. The summed E-state index contributed by atoms with van der Waals surface area (Å²) in [6.45, 7) is 6.04. The van der Waals surface area contributed by atoms with E-state index in [1.54, 1.807) is 7.11 Å². The number of amides is 1. The maximum absolute atomic E-state index is 11.9. The largest absolute Gasteiger partial charge is 0.383 e. The highest BCUT2D eigenvalue weighted by Gasteiger charge is 2.23. The lowest BCUT2D eigenvalue weighted by molar-refractivity contribution is -0.134. The van der Waals surface area contributed by atoms with Gasteiger partial charge in [0.1, 0.15) is 0 Å². The molecule has 0 radical (unpaired) electrons. The smallest absolute Gasteiger partial charge is 0.236 e. The molecule has 1 rings (SSSR count). The van der Waals surface area contributed by atoms with Crippen molar-refractivity contribution in [1.82, 2.24) is 10.2 Å². The van der Waals surface area contributed by atoms with Gasteiger partial charge >= 0.3 is 0 Å². The van der Waals surface area contributed by atoms with Gasteiger partial charge in [0.25, 0.3) is 0 Å². The van der Waals surface area contributed by atoms with E-state index in [4.69, 9.17) is 9.47 Å². The number of piperidine rings is 1. The molecule has 0 spiro atoms. The van der Waals surface area contributed by atoms with E-state index in [1.807, 2.05) is 11.8 Å². The Morgan fingerprint density at radius 3 is 3.06 bits per heavy atom. The number of nitrogens with one attached hydrogen (secondary N) is 1. The van der Waals surface area contributed by atoms with Crippen LogP contribution in [0.1, 0.15) is 19.8 Å². The van der Waals surface area contributed by atoms with Crippen molar-refractivity contribution in [2.24, 2.45) is 0 Å². The summed E-state index contributed by atoms with van der Waals surface area (Å²) in [5, 5.41) is 3.07. The van der Waals surface area contributed by atoms with Crippen LogP contribution in [0.25, 0.3) is 0 Å². The van der Waals surface area contributed by atoms with E-state index in [0.29, 0.717) is 19.7 Å². The van der Waals surface area contributed by atoms with Crippen LogP contribution in [0.5, 0.6) is 0 Å². The van der Waals surface area contributed by atoms with E-state index in [-0.39, 0.29) is 12.0 Å². The molecule has 1 heterocycles. The maximum Gasteiger partial charge on any atom is 0.236 e. The third-order valence-electron chi connectivity index (χ3n) is 2.89. The van der Waals surface area contributed by atoms with Crippen molar-refractivity contribution in [3.63, 3.8) is 0 Å². The fourth-order valence-corrected chi connectivity index (χ4v) is 2.02. The van der Waals surface area contributed by atoms with Crippen LogP contribution < -0.4 is 5.32 Å². The van der Waals surface area contributed by atoms with Crippen molar-refractivity contribution >= 4 is 5.91 Å². The van der Waals surface area contributed by atoms with Gasteiger partial charge in [0.15, 0.2) is 0 Å². The Morgan fingerprint density at radius 2 is 2.35 bits per heavy atom. The fourth-order valence-electron chi connectivity index (χ4n) is 2.02. The Kier molecular flexibility index (Phi) is 7.16. The molecule has 5 nitrogen and oxygen atoms in total. The van der Waals surface area contributed by atoms with Crippen LogP contribution in [0.4, 0.5) is 0 Å². The third kappa shape index (κ3) is 5.48. The van der Waals surface area contributed by atoms with Gasteiger partial charge in [-0.15, -0.1) is 0 Å². The number of ether oxygens (including phenoxy) is 2. The Morgan fingerprint density at radius 1 is 1.53 bits per heavy atom. The van der Waals surface area contributed by atoms with Crippen LogP contribution in [0.3, 0.4) is 0 Å². The van der Waals surface area contributed by atoms with Gasteiger partial charge in [-0.05, 0) is 19.8 Å². The van der Waals surface area contributed by atoms with Gasteiger partial charge in [0.05, 0.1) is 19.3 Å². The lowest BCUT2D eigenvalue weighted by Gasteiger charge is -2.32. The Labute approximate surface area is 103 Å². The van der Waals surface area contributed by atoms with Crippen LogP contribution >= 0.6 is 0 Å². The molecular weight excluding hydrogens is 220 g/mol. The van der Waals surface area contributed by atoms with Gasteiger partial charge in [0.2, 0.25) is 5.91 Å². The molecule has 1 fully saturated rings. The molecule has 1 unspecified atom stereocenters. The second-order valence-electron chi connectivity index (χ2n) is 4.23. The van der Waals surface area contributed by atoms with Gasteiger partial charge < -0.3 is 19.7 Å². The van der Waals surface area contributed by atoms with Crippen LogP contribution in [0.15, 0.2) is 0 Å². The lowest BCUT2D eigenvalue weighted by Crippen LogP contribution is -2.46. The molecule has 1 aliphatic rings. The first-order valence-electron chi connectivity index (χ1n) is 6.37. The zero-order valence-electron chi connectivity index (χ0n) is 10.9. The van der Waals surface area contributed by atoms with Crippen molar-refractivity contribution < 1.29 is 14.3 Å². The molecule has 17 heavy (non-hydrogen) atoms. The van der Waals surface area contributed by atoms with E-state index in [9.17, 15) is 4.79 Å². The first-order chi connectivity index (χ1) is 8.27. The third-order valence-corrected chi connectivity index (χ3v) is 2.89. The zero-order chi connectivity index (χ0) is 12.5. The molecule has 1 N–H and O–H groups in total. The van der Waals surface area contributed by atoms with E-state index >= 15 is 0 Å². The second kappa shape index (κ2) is 8.44. The number of hydrogen-bond donors (Lipinski definition) is 1. The Balaban J connectivity index is 2.21. The average molecular weight is 244 g/mol. The summed E-state index contributed by atoms with van der Waals surface area (Å²) in [6, 6.07) is 0. The summed E-state index contributed by atoms with van der Waals surface area (Å²) in [4.78, 5) is 13.8. The highest BCUT2D eigenvalue weighted by molar-refractivity contribution is 5.78. The quantitative estimate of drug-likeness (QED) is 0.652. The number of methoxy groups -OCH3 is 1. The molecular formula is C12H24N2O3. The van der Waals surface area contributed by atoms with E-state index in [1.165, 1.54) is 0 Å². The minimum atomic E-state index is 0.158. The highest BCUT2D eigenvalue weighted by Crippen LogP contribution is 2.12. The molecule has 0 saturated carbocycles. The van der Waals surface area contributed by atoms with E-state index < -0.39 is 0 Å². The fraction of sp³-hybridized carbons (Fsp3) is 0.917. The molecule has 1 atom stereocenters. The standard InChI is InChI=1S/C12H24N2O3/c1-3-17-11-5-4-7-14(10-11)12(15)9-13-6-8-16-2/h11,13H,3-10H2,1-2H3. The minimum Gasteiger partial charge on any atom is -0.383 e. The predicted molar refractivity (Wildman–Crippen MR) is 66.0 cm³/mol. The monoisotopic (exact) mass is 244 g/mol. The van der Waals surface area contributed by atoms with Gasteiger partial charge in [-0.2, -0.15) is 0 Å². The summed E-state index contributed by atoms with van der Waals surface area (Å²) in [6.07, 6.45) is 2.32. The van der Waals surface area contributed by atoms with E-state index in [2.05, 4.69) is 5.32 Å². The number of likely N-dealkylation sites (tertiary alicyclic amines) is 1. The normalized spacial score (nSPS) is 20.6. The van der Waals surface area contributed by atoms with E-state index in [0.717, 1.165) is 32.5 Å². The molecule has 0 aromatic heterocycles. The number of hydrogen-bond acceptors (Lipinski definition) is 4.